The number of carbonyl (C=O) groups excluding carboxylic acids is 2. The molecule has 0 fully saturated rings. The number of nitrogens with zero attached hydrogens (tertiary/aromatic N) is 3. The van der Waals surface area contributed by atoms with Gasteiger partial charge in [0.1, 0.15) is 28.2 Å². The fraction of sp³-hybridized carbons (Fsp3) is 0.111. The van der Waals surface area contributed by atoms with Gasteiger partial charge in [-0.2, -0.15) is 5.10 Å². The zero-order valence-corrected chi connectivity index (χ0v) is 20.8. The number of halogens is 2. The minimum Gasteiger partial charge on any atom is -0.457 e. The second-order valence-electron chi connectivity index (χ2n) is 8.71. The Balaban J connectivity index is 1.35. The van der Waals surface area contributed by atoms with Crippen LogP contribution in [0.25, 0.3) is 0 Å². The van der Waals surface area contributed by atoms with Crippen LogP contribution in [0.1, 0.15) is 27.5 Å². The van der Waals surface area contributed by atoms with E-state index in [9.17, 15) is 9.59 Å². The van der Waals surface area contributed by atoms with Gasteiger partial charge in [-0.05, 0) is 54.1 Å². The van der Waals surface area contributed by atoms with Crippen molar-refractivity contribution in [2.45, 2.75) is 5.92 Å². The van der Waals surface area contributed by atoms with Crippen molar-refractivity contribution in [3.05, 3.63) is 111 Å². The number of H-pyrrole nitrogens is 1. The molecular formula is C27H19Cl2N5O3. The fourth-order valence-corrected chi connectivity index (χ4v) is 4.99. The Labute approximate surface area is 221 Å². The van der Waals surface area contributed by atoms with Gasteiger partial charge in [0.05, 0.1) is 19.3 Å². The molecule has 6 rings (SSSR count). The minimum atomic E-state index is -0.382. The summed E-state index contributed by atoms with van der Waals surface area (Å²) >= 11 is 12.0. The third kappa shape index (κ3) is 4.45. The van der Waals surface area contributed by atoms with E-state index in [1.54, 1.807) is 48.7 Å². The van der Waals surface area contributed by atoms with Gasteiger partial charge < -0.3 is 15.0 Å². The average Bonchev–Trinajstić information content (AvgIpc) is 3.36. The summed E-state index contributed by atoms with van der Waals surface area (Å²) in [5.74, 6) is 1.04. The third-order valence-corrected chi connectivity index (χ3v) is 6.78. The molecule has 0 bridgehead atoms. The Bertz CT molecular complexity index is 1560. The number of Topliss-reactive ketones (excluding diaryl/α,β-unsaturated/α-hetero) is 1. The lowest BCUT2D eigenvalue weighted by molar-refractivity contribution is -0.117. The maximum absolute atomic E-state index is 13.6. The molecule has 8 nitrogen and oxygen atoms in total. The lowest BCUT2D eigenvalue weighted by Crippen LogP contribution is -2.45. The molecule has 1 atom stereocenters. The minimum absolute atomic E-state index is 0.0712. The van der Waals surface area contributed by atoms with Crippen molar-refractivity contribution in [2.24, 2.45) is 0 Å². The number of pyridine rings is 1. The van der Waals surface area contributed by atoms with E-state index in [4.69, 9.17) is 27.9 Å². The quantitative estimate of drug-likeness (QED) is 0.340. The van der Waals surface area contributed by atoms with Crippen LogP contribution in [0.4, 0.5) is 5.82 Å². The third-order valence-electron chi connectivity index (χ3n) is 6.32. The maximum Gasteiger partial charge on any atom is 0.273 e. The maximum atomic E-state index is 13.6. The molecule has 0 saturated carbocycles. The second kappa shape index (κ2) is 9.38. The molecule has 1 unspecified atom stereocenters. The average molecular weight is 532 g/mol. The van der Waals surface area contributed by atoms with Crippen LogP contribution in [0, 0.1) is 0 Å². The van der Waals surface area contributed by atoms with Gasteiger partial charge in [0.15, 0.2) is 5.78 Å². The lowest BCUT2D eigenvalue weighted by Gasteiger charge is -2.36. The van der Waals surface area contributed by atoms with Gasteiger partial charge in [-0.25, -0.2) is 4.98 Å². The number of anilines is 1. The summed E-state index contributed by atoms with van der Waals surface area (Å²) in [4.78, 5) is 32.2. The molecule has 0 aliphatic carbocycles. The molecule has 1 amide bonds. The number of ketones is 1. The van der Waals surface area contributed by atoms with Crippen molar-refractivity contribution in [3.63, 3.8) is 0 Å². The van der Waals surface area contributed by atoms with E-state index in [2.05, 4.69) is 20.5 Å². The first-order chi connectivity index (χ1) is 18.0. The first kappa shape index (κ1) is 23.3. The number of aromatic amines is 1. The van der Waals surface area contributed by atoms with Crippen LogP contribution < -0.4 is 10.1 Å². The number of benzene rings is 2. The van der Waals surface area contributed by atoms with Gasteiger partial charge in [0.25, 0.3) is 5.91 Å². The number of hydrogen-bond donors (Lipinski definition) is 2. The predicted molar refractivity (Wildman–Crippen MR) is 139 cm³/mol. The van der Waals surface area contributed by atoms with Crippen LogP contribution in [0.2, 0.25) is 10.2 Å². The molecule has 37 heavy (non-hydrogen) atoms. The van der Waals surface area contributed by atoms with Gasteiger partial charge in [-0.15, -0.1) is 0 Å². The molecule has 2 aliphatic heterocycles. The van der Waals surface area contributed by atoms with Crippen LogP contribution >= 0.6 is 23.2 Å². The van der Waals surface area contributed by atoms with Gasteiger partial charge in [-0.3, -0.25) is 14.7 Å². The first-order valence-electron chi connectivity index (χ1n) is 11.5. The van der Waals surface area contributed by atoms with Gasteiger partial charge in [0, 0.05) is 27.8 Å². The topological polar surface area (TPSA) is 100 Å². The monoisotopic (exact) mass is 531 g/mol. The number of carbonyl (C=O) groups is 2. The van der Waals surface area contributed by atoms with Crippen molar-refractivity contribution in [2.75, 3.05) is 18.4 Å². The molecular weight excluding hydrogens is 513 g/mol. The fourth-order valence-electron chi connectivity index (χ4n) is 4.70. The van der Waals surface area contributed by atoms with Crippen molar-refractivity contribution in [3.8, 4) is 11.5 Å². The number of fused-ring (bicyclic) bond motifs is 1. The van der Waals surface area contributed by atoms with Crippen molar-refractivity contribution in [1.82, 2.24) is 20.1 Å². The normalized spacial score (nSPS) is 16.6. The Morgan fingerprint density at radius 2 is 1.81 bits per heavy atom. The molecule has 0 spiro atoms. The molecule has 0 saturated heterocycles. The van der Waals surface area contributed by atoms with E-state index in [1.807, 2.05) is 24.3 Å². The first-order valence-corrected chi connectivity index (χ1v) is 12.2. The second-order valence-corrected chi connectivity index (χ2v) is 9.53. The van der Waals surface area contributed by atoms with E-state index in [1.165, 1.54) is 4.90 Å². The Hall–Kier alpha value is -4.14. The summed E-state index contributed by atoms with van der Waals surface area (Å²) in [6, 6.07) is 19.5. The van der Waals surface area contributed by atoms with Gasteiger partial charge >= 0.3 is 0 Å². The molecule has 2 aliphatic rings. The summed E-state index contributed by atoms with van der Waals surface area (Å²) in [6.45, 7) is 0.141. The van der Waals surface area contributed by atoms with Crippen LogP contribution in [0.5, 0.6) is 11.5 Å². The highest BCUT2D eigenvalue weighted by Gasteiger charge is 2.39. The summed E-state index contributed by atoms with van der Waals surface area (Å²) < 4.78 is 6.04. The molecule has 4 heterocycles. The van der Waals surface area contributed by atoms with Crippen molar-refractivity contribution >= 4 is 40.7 Å². The van der Waals surface area contributed by atoms with Crippen molar-refractivity contribution in [1.29, 1.82) is 0 Å². The van der Waals surface area contributed by atoms with Crippen LogP contribution in [-0.2, 0) is 4.79 Å². The molecule has 184 valence electrons. The molecule has 2 aromatic heterocycles. The molecule has 2 N–H and O–H groups in total. The number of hydrogen-bond acceptors (Lipinski definition) is 6. The highest BCUT2D eigenvalue weighted by atomic mass is 35.5. The molecule has 4 aromatic rings. The molecule has 10 heteroatoms. The Kier molecular flexibility index (Phi) is 5.90. The predicted octanol–water partition coefficient (Wildman–Crippen LogP) is 5.44. The number of ether oxygens (including phenoxy) is 1. The smallest absolute Gasteiger partial charge is 0.273 e. The van der Waals surface area contributed by atoms with E-state index in [-0.39, 0.29) is 41.5 Å². The Morgan fingerprint density at radius 1 is 1.00 bits per heavy atom. The van der Waals surface area contributed by atoms with Gasteiger partial charge in [-0.1, -0.05) is 41.4 Å². The highest BCUT2D eigenvalue weighted by molar-refractivity contribution is 6.30. The van der Waals surface area contributed by atoms with E-state index in [0.29, 0.717) is 33.6 Å². The number of amides is 1. The van der Waals surface area contributed by atoms with Crippen LogP contribution in [0.3, 0.4) is 0 Å². The SMILES string of the molecule is O=C1CN(C(=O)c2cccc(Cl)n2)CC2=C1C(c1cccc(Oc3ccc(Cl)cc3)c1)c1cn[nH]c1N2. The number of rotatable bonds is 4. The standard InChI is InChI=1S/C27H19Cl2N5O3/c28-16-7-9-17(10-8-16)37-18-4-1-3-15(11-18)24-19-12-30-33-26(19)32-21-13-34(14-22(35)25(21)24)27(36)20-5-2-6-23(29)31-20/h1-12,24H,13-14H2,(H2,30,32,33). The van der Waals surface area contributed by atoms with Crippen LogP contribution in [-0.4, -0.2) is 44.9 Å². The van der Waals surface area contributed by atoms with Gasteiger partial charge in [0.2, 0.25) is 0 Å². The zero-order valence-electron chi connectivity index (χ0n) is 19.2. The van der Waals surface area contributed by atoms with E-state index < -0.39 is 0 Å². The highest BCUT2D eigenvalue weighted by Crippen LogP contribution is 2.43. The summed E-state index contributed by atoms with van der Waals surface area (Å²) in [5, 5.41) is 11.3. The number of aromatic nitrogens is 3. The summed E-state index contributed by atoms with van der Waals surface area (Å²) in [5.41, 5.74) is 3.13. The summed E-state index contributed by atoms with van der Waals surface area (Å²) in [7, 11) is 0. The zero-order chi connectivity index (χ0) is 25.5. The molecule has 0 radical (unpaired) electrons. The largest absolute Gasteiger partial charge is 0.457 e. The number of nitrogens with one attached hydrogen (secondary N) is 2. The van der Waals surface area contributed by atoms with E-state index in [0.717, 1.165) is 11.1 Å². The van der Waals surface area contributed by atoms with Crippen LogP contribution in [0.15, 0.2) is 84.2 Å². The summed E-state index contributed by atoms with van der Waals surface area (Å²) in [6.07, 6.45) is 1.71. The lowest BCUT2D eigenvalue weighted by atomic mass is 9.79. The molecule has 2 aromatic carbocycles. The Morgan fingerprint density at radius 3 is 2.62 bits per heavy atom. The van der Waals surface area contributed by atoms with Crippen molar-refractivity contribution < 1.29 is 14.3 Å². The van der Waals surface area contributed by atoms with E-state index >= 15 is 0 Å².